The van der Waals surface area contributed by atoms with Crippen molar-refractivity contribution in [2.45, 2.75) is 32.2 Å². The minimum atomic E-state index is -4.32. The smallest absolute Gasteiger partial charge is 0.393 e. The maximum Gasteiger partial charge on any atom is 0.416 e. The van der Waals surface area contributed by atoms with Crippen LogP contribution in [0.25, 0.3) is 0 Å². The van der Waals surface area contributed by atoms with Gasteiger partial charge in [0.15, 0.2) is 0 Å². The van der Waals surface area contributed by atoms with Crippen molar-refractivity contribution in [3.05, 3.63) is 35.4 Å². The molecule has 0 aliphatic heterocycles. The molecule has 5 heteroatoms. The van der Waals surface area contributed by atoms with Gasteiger partial charge in [-0.15, -0.1) is 0 Å². The Hall–Kier alpha value is -1.07. The van der Waals surface area contributed by atoms with Crippen molar-refractivity contribution in [2.75, 3.05) is 6.54 Å². The van der Waals surface area contributed by atoms with Crippen LogP contribution in [0.5, 0.6) is 0 Å². The Kier molecular flexibility index (Phi) is 4.96. The van der Waals surface area contributed by atoms with Crippen molar-refractivity contribution in [1.82, 2.24) is 5.32 Å². The number of halogens is 3. The van der Waals surface area contributed by atoms with E-state index >= 15 is 0 Å². The van der Waals surface area contributed by atoms with Gasteiger partial charge in [-0.2, -0.15) is 13.2 Å². The van der Waals surface area contributed by atoms with Crippen molar-refractivity contribution in [3.63, 3.8) is 0 Å². The number of benzene rings is 1. The average Bonchev–Trinajstić information content (AvgIpc) is 2.23. The van der Waals surface area contributed by atoms with Crippen LogP contribution in [0.2, 0.25) is 0 Å². The topological polar surface area (TPSA) is 32.3 Å². The Bertz CT molecular complexity index is 350. The molecule has 2 nitrogen and oxygen atoms in total. The van der Waals surface area contributed by atoms with Crippen LogP contribution in [0.1, 0.15) is 24.5 Å². The lowest BCUT2D eigenvalue weighted by molar-refractivity contribution is -0.138. The lowest BCUT2D eigenvalue weighted by Crippen LogP contribution is -2.20. The number of alkyl halides is 3. The van der Waals surface area contributed by atoms with Crippen LogP contribution in [-0.2, 0) is 12.7 Å². The van der Waals surface area contributed by atoms with Gasteiger partial charge in [0.2, 0.25) is 0 Å². The first-order valence-corrected chi connectivity index (χ1v) is 5.45. The number of rotatable bonds is 5. The largest absolute Gasteiger partial charge is 0.416 e. The summed E-state index contributed by atoms with van der Waals surface area (Å²) in [5.41, 5.74) is -0.380. The minimum Gasteiger partial charge on any atom is -0.393 e. The van der Waals surface area contributed by atoms with E-state index in [0.717, 1.165) is 6.07 Å². The molecule has 1 aromatic rings. The molecule has 17 heavy (non-hydrogen) atoms. The summed E-state index contributed by atoms with van der Waals surface area (Å²) in [6.45, 7) is 2.29. The molecule has 0 radical (unpaired) electrons. The molecule has 1 unspecified atom stereocenters. The number of aliphatic hydroxyl groups is 1. The number of hydrogen-bond acceptors (Lipinski definition) is 2. The van der Waals surface area contributed by atoms with Crippen LogP contribution in [0.15, 0.2) is 24.3 Å². The zero-order valence-corrected chi connectivity index (χ0v) is 9.59. The normalized spacial score (nSPS) is 13.7. The molecular formula is C12H16F3NO. The highest BCUT2D eigenvalue weighted by molar-refractivity contribution is 5.29. The van der Waals surface area contributed by atoms with Gasteiger partial charge < -0.3 is 10.4 Å². The third-order valence-electron chi connectivity index (χ3n) is 2.38. The molecule has 1 atom stereocenters. The van der Waals surface area contributed by atoms with Gasteiger partial charge in [-0.1, -0.05) is 18.2 Å². The molecule has 0 saturated carbocycles. The molecule has 0 saturated heterocycles. The summed E-state index contributed by atoms with van der Waals surface area (Å²) >= 11 is 0. The Morgan fingerprint density at radius 1 is 1.29 bits per heavy atom. The lowest BCUT2D eigenvalue weighted by Gasteiger charge is -2.13. The second-order valence-electron chi connectivity index (χ2n) is 3.97. The summed E-state index contributed by atoms with van der Waals surface area (Å²) in [6.07, 6.45) is -4.24. The van der Waals surface area contributed by atoms with Gasteiger partial charge >= 0.3 is 6.18 Å². The number of hydrogen-bond donors (Lipinski definition) is 2. The van der Waals surface area contributed by atoms with E-state index in [1.54, 1.807) is 13.0 Å². The highest BCUT2D eigenvalue weighted by atomic mass is 19.4. The molecule has 1 aromatic carbocycles. The van der Waals surface area contributed by atoms with Crippen LogP contribution in [0.4, 0.5) is 13.2 Å². The fraction of sp³-hybridized carbons (Fsp3) is 0.500. The minimum absolute atomic E-state index is 0.155. The van der Waals surface area contributed by atoms with Crippen molar-refractivity contribution in [1.29, 1.82) is 0 Å². The van der Waals surface area contributed by atoms with E-state index in [1.165, 1.54) is 12.1 Å². The summed E-state index contributed by atoms with van der Waals surface area (Å²) in [5, 5.41) is 11.9. The summed E-state index contributed by atoms with van der Waals surface area (Å²) in [5.74, 6) is 0. The molecular weight excluding hydrogens is 231 g/mol. The highest BCUT2D eigenvalue weighted by Crippen LogP contribution is 2.31. The van der Waals surface area contributed by atoms with Gasteiger partial charge in [-0.25, -0.2) is 0 Å². The van der Waals surface area contributed by atoms with Crippen LogP contribution in [-0.4, -0.2) is 17.8 Å². The SMILES string of the molecule is CC(O)CCNCc1ccccc1C(F)(F)F. The molecule has 1 rings (SSSR count). The number of aliphatic hydroxyl groups excluding tert-OH is 1. The van der Waals surface area contributed by atoms with E-state index in [1.807, 2.05) is 0 Å². The molecule has 0 fully saturated rings. The Balaban J connectivity index is 2.59. The second kappa shape index (κ2) is 6.02. The van der Waals surface area contributed by atoms with Crippen LogP contribution in [0.3, 0.4) is 0 Å². The molecule has 0 amide bonds. The fourth-order valence-corrected chi connectivity index (χ4v) is 1.49. The molecule has 96 valence electrons. The summed E-state index contributed by atoms with van der Waals surface area (Å²) in [6, 6.07) is 5.49. The molecule has 0 bridgehead atoms. The van der Waals surface area contributed by atoms with Crippen molar-refractivity contribution < 1.29 is 18.3 Å². The van der Waals surface area contributed by atoms with Crippen LogP contribution in [0, 0.1) is 0 Å². The van der Waals surface area contributed by atoms with Crippen molar-refractivity contribution >= 4 is 0 Å². The third-order valence-corrected chi connectivity index (χ3v) is 2.38. The monoisotopic (exact) mass is 247 g/mol. The first-order chi connectivity index (χ1) is 7.91. The quantitative estimate of drug-likeness (QED) is 0.784. The molecule has 2 N–H and O–H groups in total. The lowest BCUT2D eigenvalue weighted by atomic mass is 10.1. The van der Waals surface area contributed by atoms with E-state index in [-0.39, 0.29) is 12.1 Å². The van der Waals surface area contributed by atoms with Crippen molar-refractivity contribution in [2.24, 2.45) is 0 Å². The van der Waals surface area contributed by atoms with Gasteiger partial charge in [-0.3, -0.25) is 0 Å². The summed E-state index contributed by atoms with van der Waals surface area (Å²) in [4.78, 5) is 0. The average molecular weight is 247 g/mol. The zero-order valence-electron chi connectivity index (χ0n) is 9.59. The van der Waals surface area contributed by atoms with E-state index in [2.05, 4.69) is 5.32 Å². The predicted molar refractivity (Wildman–Crippen MR) is 59.4 cm³/mol. The van der Waals surface area contributed by atoms with E-state index < -0.39 is 17.8 Å². The maximum absolute atomic E-state index is 12.6. The highest BCUT2D eigenvalue weighted by Gasteiger charge is 2.32. The molecule has 0 aliphatic rings. The standard InChI is InChI=1S/C12H16F3NO/c1-9(17)6-7-16-8-10-4-2-3-5-11(10)12(13,14)15/h2-5,9,16-17H,6-8H2,1H3. The van der Waals surface area contributed by atoms with Gasteiger partial charge in [0.25, 0.3) is 0 Å². The predicted octanol–water partition coefficient (Wildman–Crippen LogP) is 2.57. The van der Waals surface area contributed by atoms with Crippen LogP contribution < -0.4 is 5.32 Å². The first-order valence-electron chi connectivity index (χ1n) is 5.45. The first kappa shape index (κ1) is 14.0. The van der Waals surface area contributed by atoms with Gasteiger partial charge in [0, 0.05) is 6.54 Å². The third kappa shape index (κ3) is 4.75. The van der Waals surface area contributed by atoms with Gasteiger partial charge in [0.1, 0.15) is 0 Å². The van der Waals surface area contributed by atoms with Gasteiger partial charge in [0.05, 0.1) is 11.7 Å². The van der Waals surface area contributed by atoms with Gasteiger partial charge in [-0.05, 0) is 31.5 Å². The Morgan fingerprint density at radius 3 is 2.53 bits per heavy atom. The molecule has 0 aliphatic carbocycles. The van der Waals surface area contributed by atoms with Crippen LogP contribution >= 0.6 is 0 Å². The summed E-state index contributed by atoms with van der Waals surface area (Å²) in [7, 11) is 0. The number of nitrogens with one attached hydrogen (secondary N) is 1. The fourth-order valence-electron chi connectivity index (χ4n) is 1.49. The van der Waals surface area contributed by atoms with E-state index in [0.29, 0.717) is 13.0 Å². The molecule has 0 heterocycles. The van der Waals surface area contributed by atoms with E-state index in [9.17, 15) is 13.2 Å². The zero-order chi connectivity index (χ0) is 12.9. The second-order valence-corrected chi connectivity index (χ2v) is 3.97. The Labute approximate surface area is 98.5 Å². The van der Waals surface area contributed by atoms with E-state index in [4.69, 9.17) is 5.11 Å². The summed E-state index contributed by atoms with van der Waals surface area (Å²) < 4.78 is 37.9. The molecule has 0 spiro atoms. The van der Waals surface area contributed by atoms with Crippen molar-refractivity contribution in [3.8, 4) is 0 Å². The maximum atomic E-state index is 12.6. The molecule has 0 aromatic heterocycles. The Morgan fingerprint density at radius 2 is 1.94 bits per heavy atom.